The number of nitro groups is 1. The summed E-state index contributed by atoms with van der Waals surface area (Å²) in [5, 5.41) is 10.7. The molecule has 0 aliphatic heterocycles. The summed E-state index contributed by atoms with van der Waals surface area (Å²) in [6.45, 7) is 4.08. The lowest BCUT2D eigenvalue weighted by molar-refractivity contribution is -0.384. The van der Waals surface area contributed by atoms with E-state index < -0.39 is 14.9 Å². The molecule has 134 valence electrons. The Balaban J connectivity index is 2.31. The predicted octanol–water partition coefficient (Wildman–Crippen LogP) is 1.98. The van der Waals surface area contributed by atoms with Crippen LogP contribution in [0.4, 0.5) is 11.4 Å². The van der Waals surface area contributed by atoms with Crippen molar-refractivity contribution in [1.29, 1.82) is 0 Å². The molecule has 25 heavy (non-hydrogen) atoms. The molecule has 0 saturated heterocycles. The summed E-state index contributed by atoms with van der Waals surface area (Å²) in [4.78, 5) is 17.8. The maximum atomic E-state index is 12.4. The molecule has 0 aliphatic carbocycles. The molecule has 0 saturated carbocycles. The van der Waals surface area contributed by atoms with Crippen LogP contribution in [0, 0.1) is 10.1 Å². The number of nitro benzene ring substituents is 1. The minimum atomic E-state index is -4.00. The van der Waals surface area contributed by atoms with Gasteiger partial charge in [-0.15, -0.1) is 0 Å². The van der Waals surface area contributed by atoms with Gasteiger partial charge in [-0.3, -0.25) is 14.8 Å². The smallest absolute Gasteiger partial charge is 0.319 e. The molecule has 0 amide bonds. The number of ether oxygens (including phenoxy) is 2. The van der Waals surface area contributed by atoms with Crippen LogP contribution in [0.2, 0.25) is 0 Å². The first-order valence-electron chi connectivity index (χ1n) is 7.27. The first kappa shape index (κ1) is 18.4. The molecule has 0 unspecified atom stereocenters. The standard InChI is InChI=1S/C14H16N4O6S/c1-3-23-13-12(9-15-14(16-13)24-4-2)17-25(21,22)11-7-5-10(6-8-11)18(19)20/h5-9,17H,3-4H2,1-2H3. The molecule has 2 aromatic rings. The van der Waals surface area contributed by atoms with Gasteiger partial charge in [0.2, 0.25) is 5.88 Å². The lowest BCUT2D eigenvalue weighted by Crippen LogP contribution is -2.15. The number of sulfonamides is 1. The molecule has 0 atom stereocenters. The lowest BCUT2D eigenvalue weighted by atomic mass is 10.3. The molecular formula is C14H16N4O6S. The van der Waals surface area contributed by atoms with Crippen molar-refractivity contribution in [3.63, 3.8) is 0 Å². The fourth-order valence-corrected chi connectivity index (χ4v) is 2.86. The summed E-state index contributed by atoms with van der Waals surface area (Å²) in [6.07, 6.45) is 1.23. The van der Waals surface area contributed by atoms with Gasteiger partial charge >= 0.3 is 6.01 Å². The van der Waals surface area contributed by atoms with E-state index in [-0.39, 0.29) is 34.8 Å². The number of nitrogens with one attached hydrogen (secondary N) is 1. The molecule has 0 radical (unpaired) electrons. The molecule has 0 aliphatic rings. The second-order valence-corrected chi connectivity index (χ2v) is 6.28. The molecule has 1 aromatic carbocycles. The highest BCUT2D eigenvalue weighted by Crippen LogP contribution is 2.26. The van der Waals surface area contributed by atoms with Crippen LogP contribution in [0.15, 0.2) is 35.4 Å². The number of hydrogen-bond acceptors (Lipinski definition) is 8. The van der Waals surface area contributed by atoms with Crippen LogP contribution < -0.4 is 14.2 Å². The summed E-state index contributed by atoms with van der Waals surface area (Å²) in [6, 6.07) is 4.54. The number of nitrogens with zero attached hydrogens (tertiary/aromatic N) is 3. The summed E-state index contributed by atoms with van der Waals surface area (Å²) < 4.78 is 37.6. The SMILES string of the molecule is CCOc1ncc(NS(=O)(=O)c2ccc([N+](=O)[O-])cc2)c(OCC)n1. The Kier molecular flexibility index (Phi) is 5.70. The zero-order valence-corrected chi connectivity index (χ0v) is 14.3. The van der Waals surface area contributed by atoms with Crippen molar-refractivity contribution in [3.8, 4) is 11.9 Å². The lowest BCUT2D eigenvalue weighted by Gasteiger charge is -2.12. The molecule has 11 heteroatoms. The number of rotatable bonds is 8. The molecule has 0 fully saturated rings. The van der Waals surface area contributed by atoms with Crippen molar-refractivity contribution in [2.24, 2.45) is 0 Å². The number of benzene rings is 1. The molecule has 1 heterocycles. The minimum Gasteiger partial charge on any atom is -0.476 e. The maximum absolute atomic E-state index is 12.4. The Bertz CT molecular complexity index is 854. The van der Waals surface area contributed by atoms with E-state index in [1.807, 2.05) is 0 Å². The highest BCUT2D eigenvalue weighted by molar-refractivity contribution is 7.92. The fraction of sp³-hybridized carbons (Fsp3) is 0.286. The van der Waals surface area contributed by atoms with Gasteiger partial charge in [0.15, 0.2) is 0 Å². The second-order valence-electron chi connectivity index (χ2n) is 4.59. The zero-order chi connectivity index (χ0) is 18.4. The zero-order valence-electron chi connectivity index (χ0n) is 13.5. The van der Waals surface area contributed by atoms with E-state index in [0.717, 1.165) is 24.3 Å². The Morgan fingerprint density at radius 3 is 2.36 bits per heavy atom. The van der Waals surface area contributed by atoms with E-state index in [1.165, 1.54) is 6.20 Å². The van der Waals surface area contributed by atoms with E-state index in [1.54, 1.807) is 13.8 Å². The van der Waals surface area contributed by atoms with Crippen LogP contribution in [0.5, 0.6) is 11.9 Å². The van der Waals surface area contributed by atoms with Gasteiger partial charge in [-0.2, -0.15) is 4.98 Å². The maximum Gasteiger partial charge on any atom is 0.319 e. The molecule has 1 aromatic heterocycles. The Morgan fingerprint density at radius 2 is 1.80 bits per heavy atom. The highest BCUT2D eigenvalue weighted by Gasteiger charge is 2.19. The third kappa shape index (κ3) is 4.53. The van der Waals surface area contributed by atoms with Crippen molar-refractivity contribution in [1.82, 2.24) is 9.97 Å². The van der Waals surface area contributed by atoms with Gasteiger partial charge in [-0.25, -0.2) is 13.4 Å². The van der Waals surface area contributed by atoms with Gasteiger partial charge in [0, 0.05) is 12.1 Å². The van der Waals surface area contributed by atoms with Crippen molar-refractivity contribution >= 4 is 21.4 Å². The number of anilines is 1. The van der Waals surface area contributed by atoms with Gasteiger partial charge in [0.25, 0.3) is 15.7 Å². The van der Waals surface area contributed by atoms with E-state index in [0.29, 0.717) is 6.61 Å². The average Bonchev–Trinajstić information content (AvgIpc) is 2.57. The predicted molar refractivity (Wildman–Crippen MR) is 88.3 cm³/mol. The van der Waals surface area contributed by atoms with E-state index in [4.69, 9.17) is 9.47 Å². The van der Waals surface area contributed by atoms with Crippen molar-refractivity contribution in [3.05, 3.63) is 40.6 Å². The Morgan fingerprint density at radius 1 is 1.16 bits per heavy atom. The third-order valence-electron chi connectivity index (χ3n) is 2.89. The number of aromatic nitrogens is 2. The molecular weight excluding hydrogens is 352 g/mol. The van der Waals surface area contributed by atoms with Crippen LogP contribution in [0.1, 0.15) is 13.8 Å². The topological polar surface area (TPSA) is 134 Å². The van der Waals surface area contributed by atoms with Crippen molar-refractivity contribution in [2.75, 3.05) is 17.9 Å². The Hall–Kier alpha value is -2.95. The summed E-state index contributed by atoms with van der Waals surface area (Å²) in [5.41, 5.74) is -0.179. The van der Waals surface area contributed by atoms with Gasteiger partial charge < -0.3 is 9.47 Å². The average molecular weight is 368 g/mol. The van der Waals surface area contributed by atoms with Crippen LogP contribution in [0.25, 0.3) is 0 Å². The highest BCUT2D eigenvalue weighted by atomic mass is 32.2. The van der Waals surface area contributed by atoms with E-state index >= 15 is 0 Å². The van der Waals surface area contributed by atoms with Gasteiger partial charge in [-0.1, -0.05) is 0 Å². The van der Waals surface area contributed by atoms with Crippen LogP contribution in [-0.4, -0.2) is 36.5 Å². The molecule has 0 spiro atoms. The minimum absolute atomic E-state index is 0.0198. The van der Waals surface area contributed by atoms with Gasteiger partial charge in [-0.05, 0) is 26.0 Å². The third-order valence-corrected chi connectivity index (χ3v) is 4.27. The first-order valence-corrected chi connectivity index (χ1v) is 8.75. The van der Waals surface area contributed by atoms with Crippen LogP contribution in [-0.2, 0) is 10.0 Å². The number of non-ortho nitro benzene ring substituents is 1. The first-order chi connectivity index (χ1) is 11.9. The second kappa shape index (κ2) is 7.75. The monoisotopic (exact) mass is 368 g/mol. The van der Waals surface area contributed by atoms with Gasteiger partial charge in [0.05, 0.1) is 29.2 Å². The summed E-state index contributed by atoms with van der Waals surface area (Å²) >= 11 is 0. The van der Waals surface area contributed by atoms with E-state index in [2.05, 4.69) is 14.7 Å². The van der Waals surface area contributed by atoms with Crippen molar-refractivity contribution < 1.29 is 22.8 Å². The summed E-state index contributed by atoms with van der Waals surface area (Å²) in [5.74, 6) is 0.0198. The molecule has 0 bridgehead atoms. The summed E-state index contributed by atoms with van der Waals surface area (Å²) in [7, 11) is -4.00. The molecule has 2 rings (SSSR count). The van der Waals surface area contributed by atoms with Gasteiger partial charge in [0.1, 0.15) is 5.69 Å². The molecule has 10 nitrogen and oxygen atoms in total. The van der Waals surface area contributed by atoms with Crippen molar-refractivity contribution in [2.45, 2.75) is 18.7 Å². The fourth-order valence-electron chi connectivity index (χ4n) is 1.82. The normalized spacial score (nSPS) is 11.0. The van der Waals surface area contributed by atoms with E-state index in [9.17, 15) is 18.5 Å². The van der Waals surface area contributed by atoms with Crippen LogP contribution in [0.3, 0.4) is 0 Å². The molecule has 1 N–H and O–H groups in total. The quantitative estimate of drug-likeness (QED) is 0.552. The largest absolute Gasteiger partial charge is 0.476 e. The number of hydrogen-bond donors (Lipinski definition) is 1. The Labute approximate surface area is 144 Å². The van der Waals surface area contributed by atoms with Crippen LogP contribution >= 0.6 is 0 Å².